The Kier molecular flexibility index (Phi) is 4.23. The molecule has 0 aliphatic carbocycles. The van der Waals surface area contributed by atoms with Crippen LogP contribution in [0.5, 0.6) is 0 Å². The molecule has 94 valence electrons. The van der Waals surface area contributed by atoms with Gasteiger partial charge in [-0.1, -0.05) is 17.7 Å². The zero-order valence-electron chi connectivity index (χ0n) is 9.72. The Hall–Kier alpha value is -1.52. The summed E-state index contributed by atoms with van der Waals surface area (Å²) < 4.78 is 4.81. The Morgan fingerprint density at radius 1 is 1.44 bits per heavy atom. The van der Waals surface area contributed by atoms with E-state index in [-0.39, 0.29) is 5.97 Å². The third-order valence-electron chi connectivity index (χ3n) is 2.45. The fourth-order valence-electron chi connectivity index (χ4n) is 1.58. The van der Waals surface area contributed by atoms with Gasteiger partial charge < -0.3 is 10.1 Å². The number of hydrogen-bond donors (Lipinski definition) is 1. The van der Waals surface area contributed by atoms with Gasteiger partial charge in [-0.15, -0.1) is 0 Å². The maximum absolute atomic E-state index is 11.8. The third-order valence-corrected chi connectivity index (χ3v) is 3.39. The number of thiophene rings is 1. The average molecular weight is 282 g/mol. The number of halogens is 1. The molecule has 1 aromatic carbocycles. The normalized spacial score (nSPS) is 11.9. The molecule has 1 heterocycles. The number of anilines is 1. The Bertz CT molecular complexity index is 528. The van der Waals surface area contributed by atoms with E-state index in [0.29, 0.717) is 5.02 Å². The first-order valence-corrected chi connectivity index (χ1v) is 6.65. The van der Waals surface area contributed by atoms with Gasteiger partial charge in [0.25, 0.3) is 0 Å². The van der Waals surface area contributed by atoms with Crippen LogP contribution in [-0.4, -0.2) is 13.1 Å². The topological polar surface area (TPSA) is 38.3 Å². The highest BCUT2D eigenvalue weighted by Crippen LogP contribution is 2.24. The summed E-state index contributed by atoms with van der Waals surface area (Å²) in [6, 6.07) is 8.61. The highest BCUT2D eigenvalue weighted by Gasteiger charge is 2.21. The number of carbonyl (C=O) groups is 1. The highest BCUT2D eigenvalue weighted by molar-refractivity contribution is 7.08. The van der Waals surface area contributed by atoms with E-state index in [9.17, 15) is 4.79 Å². The number of rotatable bonds is 4. The molecule has 3 nitrogen and oxygen atoms in total. The smallest absolute Gasteiger partial charge is 0.333 e. The van der Waals surface area contributed by atoms with Crippen molar-refractivity contribution in [1.29, 1.82) is 0 Å². The van der Waals surface area contributed by atoms with Crippen molar-refractivity contribution in [1.82, 2.24) is 0 Å². The van der Waals surface area contributed by atoms with Gasteiger partial charge in [-0.3, -0.25) is 0 Å². The van der Waals surface area contributed by atoms with Crippen LogP contribution in [-0.2, 0) is 9.53 Å². The summed E-state index contributed by atoms with van der Waals surface area (Å²) in [5, 5.41) is 7.58. The molecule has 1 N–H and O–H groups in total. The summed E-state index contributed by atoms with van der Waals surface area (Å²) in [6.45, 7) is 0. The zero-order valence-corrected chi connectivity index (χ0v) is 11.3. The summed E-state index contributed by atoms with van der Waals surface area (Å²) in [6.07, 6.45) is 0. The fourth-order valence-corrected chi connectivity index (χ4v) is 2.46. The lowest BCUT2D eigenvalue weighted by Gasteiger charge is -2.16. The molecule has 2 rings (SSSR count). The first-order valence-electron chi connectivity index (χ1n) is 5.32. The minimum Gasteiger partial charge on any atom is -0.467 e. The van der Waals surface area contributed by atoms with Crippen LogP contribution in [0.1, 0.15) is 11.6 Å². The Morgan fingerprint density at radius 3 is 2.89 bits per heavy atom. The van der Waals surface area contributed by atoms with Crippen LogP contribution in [0.15, 0.2) is 41.1 Å². The van der Waals surface area contributed by atoms with Crippen molar-refractivity contribution in [3.8, 4) is 0 Å². The second kappa shape index (κ2) is 5.89. The van der Waals surface area contributed by atoms with Crippen LogP contribution in [0.2, 0.25) is 5.02 Å². The molecule has 18 heavy (non-hydrogen) atoms. The minimum absolute atomic E-state index is 0.326. The zero-order chi connectivity index (χ0) is 13.0. The molecule has 0 aliphatic rings. The molecule has 1 aromatic heterocycles. The first kappa shape index (κ1) is 12.9. The van der Waals surface area contributed by atoms with Crippen LogP contribution in [0.3, 0.4) is 0 Å². The van der Waals surface area contributed by atoms with Gasteiger partial charge >= 0.3 is 5.97 Å². The maximum Gasteiger partial charge on any atom is 0.333 e. The van der Waals surface area contributed by atoms with E-state index in [0.717, 1.165) is 11.3 Å². The summed E-state index contributed by atoms with van der Waals surface area (Å²) in [4.78, 5) is 11.8. The van der Waals surface area contributed by atoms with Gasteiger partial charge in [-0.2, -0.15) is 11.3 Å². The van der Waals surface area contributed by atoms with Gasteiger partial charge in [0.05, 0.1) is 7.11 Å². The number of carbonyl (C=O) groups excluding carboxylic acids is 1. The lowest BCUT2D eigenvalue weighted by Crippen LogP contribution is -2.21. The molecular formula is C13H12ClNO2S. The molecule has 0 fully saturated rings. The molecule has 1 unspecified atom stereocenters. The predicted octanol–water partition coefficient (Wildman–Crippen LogP) is 3.73. The van der Waals surface area contributed by atoms with Gasteiger partial charge in [0.1, 0.15) is 0 Å². The Balaban J connectivity index is 2.23. The number of nitrogens with one attached hydrogen (secondary N) is 1. The number of benzene rings is 1. The molecule has 0 spiro atoms. The van der Waals surface area contributed by atoms with Gasteiger partial charge in [-0.25, -0.2) is 4.79 Å². The quantitative estimate of drug-likeness (QED) is 0.868. The van der Waals surface area contributed by atoms with Crippen molar-refractivity contribution in [3.05, 3.63) is 51.7 Å². The van der Waals surface area contributed by atoms with E-state index in [4.69, 9.17) is 16.3 Å². The summed E-state index contributed by atoms with van der Waals surface area (Å²) in [5.74, 6) is -0.326. The standard InChI is InChI=1S/C13H12ClNO2S/c1-17-13(16)12(9-5-6-18-8-9)15-11-4-2-3-10(14)7-11/h2-8,12,15H,1H3. The minimum atomic E-state index is -0.514. The van der Waals surface area contributed by atoms with Crippen LogP contribution in [0.4, 0.5) is 5.69 Å². The van der Waals surface area contributed by atoms with Gasteiger partial charge in [0, 0.05) is 10.7 Å². The molecule has 0 saturated carbocycles. The average Bonchev–Trinajstić information content (AvgIpc) is 2.89. The second-order valence-corrected chi connectivity index (χ2v) is 4.88. The molecule has 2 aromatic rings. The van der Waals surface area contributed by atoms with Gasteiger partial charge in [0.2, 0.25) is 0 Å². The van der Waals surface area contributed by atoms with E-state index in [2.05, 4.69) is 5.32 Å². The van der Waals surface area contributed by atoms with Crippen molar-refractivity contribution in [2.75, 3.05) is 12.4 Å². The second-order valence-electron chi connectivity index (χ2n) is 3.67. The van der Waals surface area contributed by atoms with Crippen LogP contribution in [0, 0.1) is 0 Å². The van der Waals surface area contributed by atoms with Crippen molar-refractivity contribution >= 4 is 34.6 Å². The molecule has 1 atom stereocenters. The Labute approximate surface area is 114 Å². The van der Waals surface area contributed by atoms with E-state index >= 15 is 0 Å². The van der Waals surface area contributed by atoms with Gasteiger partial charge in [-0.05, 0) is 40.6 Å². The van der Waals surface area contributed by atoms with Gasteiger partial charge in [0.15, 0.2) is 6.04 Å². The SMILES string of the molecule is COC(=O)C(Nc1cccc(Cl)c1)c1ccsc1. The fraction of sp³-hybridized carbons (Fsp3) is 0.154. The highest BCUT2D eigenvalue weighted by atomic mass is 35.5. The van der Waals surface area contributed by atoms with Crippen LogP contribution >= 0.6 is 22.9 Å². The number of esters is 1. The molecule has 0 saturated heterocycles. The molecule has 0 aliphatic heterocycles. The number of methoxy groups -OCH3 is 1. The monoisotopic (exact) mass is 281 g/mol. The van der Waals surface area contributed by atoms with E-state index in [1.165, 1.54) is 18.4 Å². The number of hydrogen-bond acceptors (Lipinski definition) is 4. The van der Waals surface area contributed by atoms with Crippen molar-refractivity contribution in [3.63, 3.8) is 0 Å². The predicted molar refractivity (Wildman–Crippen MR) is 74.2 cm³/mol. The van der Waals surface area contributed by atoms with E-state index in [1.807, 2.05) is 29.0 Å². The summed E-state index contributed by atoms with van der Waals surface area (Å²) in [5.41, 5.74) is 1.66. The lowest BCUT2D eigenvalue weighted by atomic mass is 10.1. The van der Waals surface area contributed by atoms with E-state index < -0.39 is 6.04 Å². The van der Waals surface area contributed by atoms with E-state index in [1.54, 1.807) is 12.1 Å². The molecule has 5 heteroatoms. The molecular weight excluding hydrogens is 270 g/mol. The first-order chi connectivity index (χ1) is 8.70. The lowest BCUT2D eigenvalue weighted by molar-refractivity contribution is -0.141. The van der Waals surface area contributed by atoms with Crippen LogP contribution < -0.4 is 5.32 Å². The van der Waals surface area contributed by atoms with Crippen molar-refractivity contribution in [2.45, 2.75) is 6.04 Å². The summed E-state index contributed by atoms with van der Waals surface area (Å²) >= 11 is 7.45. The molecule has 0 radical (unpaired) electrons. The molecule has 0 amide bonds. The third kappa shape index (κ3) is 3.03. The maximum atomic E-state index is 11.8. The largest absolute Gasteiger partial charge is 0.467 e. The number of ether oxygens (including phenoxy) is 1. The van der Waals surface area contributed by atoms with Crippen molar-refractivity contribution in [2.24, 2.45) is 0 Å². The Morgan fingerprint density at radius 2 is 2.28 bits per heavy atom. The van der Waals surface area contributed by atoms with Crippen LogP contribution in [0.25, 0.3) is 0 Å². The summed E-state index contributed by atoms with van der Waals surface area (Å²) in [7, 11) is 1.38. The molecule has 0 bridgehead atoms. The van der Waals surface area contributed by atoms with Crippen molar-refractivity contribution < 1.29 is 9.53 Å².